The van der Waals surface area contributed by atoms with E-state index in [9.17, 15) is 15.0 Å². The van der Waals surface area contributed by atoms with Crippen LogP contribution in [0.2, 0.25) is 0 Å². The largest absolute Gasteiger partial charge is 0.486 e. The number of methoxy groups -OCH3 is 1. The van der Waals surface area contributed by atoms with Crippen LogP contribution in [0.25, 0.3) is 11.0 Å². The fourth-order valence-electron chi connectivity index (χ4n) is 4.41. The van der Waals surface area contributed by atoms with Crippen molar-refractivity contribution >= 4 is 22.6 Å². The molecule has 0 bridgehead atoms. The zero-order chi connectivity index (χ0) is 24.4. The van der Waals surface area contributed by atoms with Gasteiger partial charge in [0.05, 0.1) is 24.4 Å². The second-order valence-corrected chi connectivity index (χ2v) is 8.79. The average Bonchev–Trinajstić information content (AvgIpc) is 2.89. The first-order chi connectivity index (χ1) is 16.9. The number of nitrogens with one attached hydrogen (secondary N) is 1. The van der Waals surface area contributed by atoms with Crippen LogP contribution in [0.4, 0.5) is 5.69 Å². The van der Waals surface area contributed by atoms with Gasteiger partial charge in [-0.25, -0.2) is 4.98 Å². The number of β-amino-alcohol motifs (C(OH)–C–C–N with tert-alkyl or cyclic N) is 1. The fraction of sp³-hybridized carbons (Fsp3) is 0.400. The minimum absolute atomic E-state index is 0.243. The van der Waals surface area contributed by atoms with Crippen LogP contribution in [-0.4, -0.2) is 76.5 Å². The monoisotopic (exact) mass is 480 g/mol. The van der Waals surface area contributed by atoms with Crippen LogP contribution in [0.15, 0.2) is 42.6 Å². The molecule has 2 aromatic heterocycles. The van der Waals surface area contributed by atoms with E-state index in [1.807, 2.05) is 11.0 Å². The number of pyridine rings is 2. The summed E-state index contributed by atoms with van der Waals surface area (Å²) in [6.07, 6.45) is 1.34. The quantitative estimate of drug-likeness (QED) is 0.485. The Bertz CT molecular complexity index is 1230. The smallest absolute Gasteiger partial charge is 0.256 e. The lowest BCUT2D eigenvalue weighted by molar-refractivity contribution is -0.139. The third-order valence-corrected chi connectivity index (χ3v) is 6.50. The van der Waals surface area contributed by atoms with Crippen molar-refractivity contribution in [3.05, 3.63) is 48.2 Å². The van der Waals surface area contributed by atoms with Gasteiger partial charge < -0.3 is 34.6 Å². The predicted octanol–water partition coefficient (Wildman–Crippen LogP) is 1.91. The molecule has 3 aromatic rings. The van der Waals surface area contributed by atoms with Crippen molar-refractivity contribution in [1.82, 2.24) is 14.9 Å². The minimum atomic E-state index is -1.52. The third-order valence-electron chi connectivity index (χ3n) is 6.50. The molecule has 1 fully saturated rings. The van der Waals surface area contributed by atoms with Crippen LogP contribution < -0.4 is 19.5 Å². The number of carbonyl (C=O) groups excluding carboxylic acids is 1. The average molecular weight is 481 g/mol. The van der Waals surface area contributed by atoms with Gasteiger partial charge in [-0.2, -0.15) is 0 Å². The van der Waals surface area contributed by atoms with E-state index in [4.69, 9.17) is 14.2 Å². The van der Waals surface area contributed by atoms with E-state index in [0.717, 1.165) is 5.56 Å². The lowest BCUT2D eigenvalue weighted by atomic mass is 9.90. The van der Waals surface area contributed by atoms with Crippen molar-refractivity contribution in [2.24, 2.45) is 0 Å². The van der Waals surface area contributed by atoms with Crippen molar-refractivity contribution in [2.45, 2.75) is 24.5 Å². The maximum Gasteiger partial charge on any atom is 0.256 e. The van der Waals surface area contributed by atoms with Crippen LogP contribution in [-0.2, 0) is 4.79 Å². The number of aliphatic hydroxyl groups excluding tert-OH is 1. The molecular weight excluding hydrogens is 452 g/mol. The van der Waals surface area contributed by atoms with Gasteiger partial charge in [0.25, 0.3) is 5.91 Å². The molecule has 1 saturated heterocycles. The molecule has 0 radical (unpaired) electrons. The van der Waals surface area contributed by atoms with Gasteiger partial charge >= 0.3 is 0 Å². The molecule has 5 rings (SSSR count). The highest BCUT2D eigenvalue weighted by Gasteiger charge is 2.40. The number of piperidine rings is 1. The number of hydrogen-bond acceptors (Lipinski definition) is 9. The summed E-state index contributed by atoms with van der Waals surface area (Å²) >= 11 is 0. The number of rotatable bonds is 6. The van der Waals surface area contributed by atoms with Crippen molar-refractivity contribution in [1.29, 1.82) is 0 Å². The standard InChI is InChI=1S/C25H28N4O6/c1-33-22-5-3-17-23(28-22)18(6-9-26-17)27-24(31)25(32)7-10-29(11-8-25)15-19(30)16-2-4-20-21(14-16)35-13-12-34-20/h2-6,9,14,19,30,32H,7-8,10-13,15H2,1H3,(H,26,27,31). The van der Waals surface area contributed by atoms with Gasteiger partial charge in [-0.05, 0) is 42.7 Å². The number of anilines is 1. The van der Waals surface area contributed by atoms with Gasteiger partial charge in [-0.1, -0.05) is 6.07 Å². The van der Waals surface area contributed by atoms with E-state index < -0.39 is 17.6 Å². The van der Waals surface area contributed by atoms with E-state index in [1.54, 1.807) is 36.5 Å². The summed E-state index contributed by atoms with van der Waals surface area (Å²) in [6, 6.07) is 10.5. The topological polar surface area (TPSA) is 126 Å². The summed E-state index contributed by atoms with van der Waals surface area (Å²) in [5.41, 5.74) is 0.777. The van der Waals surface area contributed by atoms with Gasteiger partial charge in [0.15, 0.2) is 11.5 Å². The fourth-order valence-corrected chi connectivity index (χ4v) is 4.41. The number of hydrogen-bond donors (Lipinski definition) is 3. The first kappa shape index (κ1) is 23.3. The van der Waals surface area contributed by atoms with E-state index in [1.165, 1.54) is 7.11 Å². The number of likely N-dealkylation sites (tertiary alicyclic amines) is 1. The highest BCUT2D eigenvalue weighted by molar-refractivity contribution is 6.02. The number of carbonyl (C=O) groups is 1. The second kappa shape index (κ2) is 9.65. The molecule has 0 spiro atoms. The maximum atomic E-state index is 13.0. The highest BCUT2D eigenvalue weighted by Crippen LogP contribution is 2.33. The predicted molar refractivity (Wildman–Crippen MR) is 128 cm³/mol. The Labute approximate surface area is 202 Å². The first-order valence-electron chi connectivity index (χ1n) is 11.6. The number of aromatic nitrogens is 2. The molecule has 1 atom stereocenters. The maximum absolute atomic E-state index is 13.0. The Hall–Kier alpha value is -3.47. The molecule has 2 aliphatic rings. The first-order valence-corrected chi connectivity index (χ1v) is 11.6. The normalized spacial score (nSPS) is 18.1. The van der Waals surface area contributed by atoms with Crippen molar-refractivity contribution in [3.8, 4) is 17.4 Å². The number of nitrogens with zero attached hydrogens (tertiary/aromatic N) is 3. The van der Waals surface area contributed by atoms with Crippen molar-refractivity contribution in [3.63, 3.8) is 0 Å². The summed E-state index contributed by atoms with van der Waals surface area (Å²) in [5.74, 6) is 1.23. The summed E-state index contributed by atoms with van der Waals surface area (Å²) in [7, 11) is 1.52. The van der Waals surface area contributed by atoms with Gasteiger partial charge in [0.2, 0.25) is 5.88 Å². The molecule has 10 heteroatoms. The van der Waals surface area contributed by atoms with Crippen molar-refractivity contribution < 1.29 is 29.2 Å². The summed E-state index contributed by atoms with van der Waals surface area (Å²) in [4.78, 5) is 23.7. The summed E-state index contributed by atoms with van der Waals surface area (Å²) < 4.78 is 16.3. The molecule has 1 amide bonds. The summed E-state index contributed by atoms with van der Waals surface area (Å²) in [5, 5.41) is 24.6. The molecule has 0 aliphatic carbocycles. The minimum Gasteiger partial charge on any atom is -0.486 e. The lowest BCUT2D eigenvalue weighted by Crippen LogP contribution is -2.52. The highest BCUT2D eigenvalue weighted by atomic mass is 16.6. The molecule has 2 aliphatic heterocycles. The van der Waals surface area contributed by atoms with Gasteiger partial charge in [0, 0.05) is 31.9 Å². The Morgan fingerprint density at radius 2 is 1.94 bits per heavy atom. The molecule has 184 valence electrons. The van der Waals surface area contributed by atoms with Gasteiger partial charge in [-0.3, -0.25) is 9.78 Å². The van der Waals surface area contributed by atoms with Gasteiger partial charge in [0.1, 0.15) is 24.3 Å². The molecule has 35 heavy (non-hydrogen) atoms. The Morgan fingerprint density at radius 3 is 2.71 bits per heavy atom. The number of ether oxygens (including phenoxy) is 3. The molecule has 10 nitrogen and oxygen atoms in total. The zero-order valence-corrected chi connectivity index (χ0v) is 19.4. The van der Waals surface area contributed by atoms with Crippen LogP contribution in [0, 0.1) is 0 Å². The SMILES string of the molecule is COc1ccc2nccc(NC(=O)C3(O)CCN(CC(O)c4ccc5c(c4)OCCO5)CC3)c2n1. The molecular formula is C25H28N4O6. The van der Waals surface area contributed by atoms with E-state index in [2.05, 4.69) is 15.3 Å². The van der Waals surface area contributed by atoms with Crippen LogP contribution in [0.3, 0.4) is 0 Å². The molecule has 0 saturated carbocycles. The number of fused-ring (bicyclic) bond motifs is 2. The number of amides is 1. The van der Waals surface area contributed by atoms with Crippen LogP contribution >= 0.6 is 0 Å². The van der Waals surface area contributed by atoms with Gasteiger partial charge in [-0.15, -0.1) is 0 Å². The van der Waals surface area contributed by atoms with Crippen LogP contribution in [0.5, 0.6) is 17.4 Å². The van der Waals surface area contributed by atoms with E-state index in [-0.39, 0.29) is 12.8 Å². The Balaban J connectivity index is 1.21. The molecule has 1 aromatic carbocycles. The molecule has 1 unspecified atom stereocenters. The Morgan fingerprint density at radius 1 is 1.17 bits per heavy atom. The Kier molecular flexibility index (Phi) is 6.42. The van der Waals surface area contributed by atoms with E-state index in [0.29, 0.717) is 66.9 Å². The number of benzene rings is 1. The second-order valence-electron chi connectivity index (χ2n) is 8.79. The molecule has 4 heterocycles. The molecule has 3 N–H and O–H groups in total. The van der Waals surface area contributed by atoms with E-state index >= 15 is 0 Å². The third kappa shape index (κ3) is 4.86. The van der Waals surface area contributed by atoms with Crippen molar-refractivity contribution in [2.75, 3.05) is 45.3 Å². The lowest BCUT2D eigenvalue weighted by Gasteiger charge is -2.37. The zero-order valence-electron chi connectivity index (χ0n) is 19.4. The number of aliphatic hydroxyl groups is 2. The van der Waals surface area contributed by atoms with Crippen LogP contribution in [0.1, 0.15) is 24.5 Å². The summed E-state index contributed by atoms with van der Waals surface area (Å²) in [6.45, 7) is 2.32.